The molecule has 1 heterocycles. The van der Waals surface area contributed by atoms with Crippen molar-refractivity contribution in [1.82, 2.24) is 20.5 Å². The summed E-state index contributed by atoms with van der Waals surface area (Å²) in [5.74, 6) is -4.01. The lowest BCUT2D eigenvalue weighted by Crippen LogP contribution is -2.52. The number of carboxylic acid groups (broad SMARTS) is 1. The second kappa shape index (κ2) is 10.6. The minimum atomic E-state index is -1.49. The van der Waals surface area contributed by atoms with Gasteiger partial charge in [0, 0.05) is 19.4 Å². The van der Waals surface area contributed by atoms with E-state index in [1.165, 1.54) is 18.9 Å². The zero-order chi connectivity index (χ0) is 21.3. The number of amides is 4. The number of nitrogens with one attached hydrogen (secondary N) is 2. The summed E-state index contributed by atoms with van der Waals surface area (Å²) in [5, 5.41) is 13.5. The Hall–Kier alpha value is -3.50. The lowest BCUT2D eigenvalue weighted by Gasteiger charge is -2.20. The number of aliphatic carboxylic acids is 1. The van der Waals surface area contributed by atoms with E-state index < -0.39 is 42.2 Å². The average Bonchev–Trinajstić information content (AvgIpc) is 2.61. The van der Waals surface area contributed by atoms with Crippen LogP contribution in [0.1, 0.15) is 18.9 Å². The molecule has 0 aliphatic heterocycles. The van der Waals surface area contributed by atoms with Gasteiger partial charge in [-0.3, -0.25) is 24.2 Å². The van der Waals surface area contributed by atoms with Gasteiger partial charge < -0.3 is 26.4 Å². The number of rotatable bonds is 10. The molecular formula is C17H23N5O6. The normalized spacial score (nSPS) is 12.4. The maximum absolute atomic E-state index is 12.1. The summed E-state index contributed by atoms with van der Waals surface area (Å²) in [6.07, 6.45) is 2.63. The summed E-state index contributed by atoms with van der Waals surface area (Å²) in [7, 11) is 1.45. The van der Waals surface area contributed by atoms with Gasteiger partial charge in [0.25, 0.3) is 0 Å². The molecule has 0 bridgehead atoms. The van der Waals surface area contributed by atoms with Gasteiger partial charge >= 0.3 is 5.97 Å². The van der Waals surface area contributed by atoms with E-state index in [1.54, 1.807) is 24.5 Å². The zero-order valence-electron chi connectivity index (χ0n) is 15.5. The maximum atomic E-state index is 12.1. The first kappa shape index (κ1) is 22.5. The van der Waals surface area contributed by atoms with Crippen LogP contribution in [0.15, 0.2) is 24.5 Å². The predicted molar refractivity (Wildman–Crippen MR) is 96.6 cm³/mol. The van der Waals surface area contributed by atoms with E-state index in [9.17, 15) is 24.0 Å². The first-order valence-electron chi connectivity index (χ1n) is 8.33. The number of carbonyl (C=O) groups excluding carboxylic acids is 4. The van der Waals surface area contributed by atoms with Crippen LogP contribution >= 0.6 is 0 Å². The molecule has 4 amide bonds. The quantitative estimate of drug-likeness (QED) is 0.357. The molecule has 1 rings (SSSR count). The van der Waals surface area contributed by atoms with E-state index in [0.717, 1.165) is 5.56 Å². The molecule has 1 aromatic rings. The molecular weight excluding hydrogens is 370 g/mol. The smallest absolute Gasteiger partial charge is 0.326 e. The third-order valence-corrected chi connectivity index (χ3v) is 3.70. The summed E-state index contributed by atoms with van der Waals surface area (Å²) in [4.78, 5) is 63.1. The summed E-state index contributed by atoms with van der Waals surface area (Å²) >= 11 is 0. The van der Waals surface area contributed by atoms with Gasteiger partial charge in [0.05, 0.1) is 19.4 Å². The van der Waals surface area contributed by atoms with Gasteiger partial charge in [0.2, 0.25) is 23.6 Å². The summed E-state index contributed by atoms with van der Waals surface area (Å²) < 4.78 is 0. The standard InChI is InChI=1S/C17H23N5O6/c1-10(16(26)21-12(17(27)28)8-13(18)23)20-14(24)9-22(2)15(25)7-11-3-5-19-6-4-11/h3-6,10,12H,7-9H2,1-2H3,(H2,18,23)(H,20,24)(H,21,26)(H,27,28)/t10-,12-/m0/s1. The molecule has 28 heavy (non-hydrogen) atoms. The van der Waals surface area contributed by atoms with Crippen molar-refractivity contribution in [2.45, 2.75) is 31.8 Å². The van der Waals surface area contributed by atoms with Gasteiger partial charge in [-0.05, 0) is 24.6 Å². The molecule has 0 aliphatic rings. The lowest BCUT2D eigenvalue weighted by molar-refractivity contribution is -0.143. The third-order valence-electron chi connectivity index (χ3n) is 3.70. The van der Waals surface area contributed by atoms with Crippen LogP contribution in [0.4, 0.5) is 0 Å². The molecule has 2 atom stereocenters. The minimum absolute atomic E-state index is 0.0930. The lowest BCUT2D eigenvalue weighted by atomic mass is 10.2. The number of carbonyl (C=O) groups is 5. The molecule has 0 radical (unpaired) electrons. The molecule has 0 unspecified atom stereocenters. The van der Waals surface area contributed by atoms with E-state index in [0.29, 0.717) is 0 Å². The number of hydrogen-bond acceptors (Lipinski definition) is 6. The predicted octanol–water partition coefficient (Wildman–Crippen LogP) is -1.97. The van der Waals surface area contributed by atoms with Crippen LogP contribution in [-0.2, 0) is 30.4 Å². The number of carboxylic acids is 1. The van der Waals surface area contributed by atoms with E-state index in [1.807, 2.05) is 0 Å². The zero-order valence-corrected chi connectivity index (χ0v) is 15.5. The molecule has 11 nitrogen and oxygen atoms in total. The third kappa shape index (κ3) is 7.81. The van der Waals surface area contributed by atoms with Gasteiger partial charge in [0.15, 0.2) is 0 Å². The highest BCUT2D eigenvalue weighted by atomic mass is 16.4. The van der Waals surface area contributed by atoms with Gasteiger partial charge in [-0.1, -0.05) is 0 Å². The number of aromatic nitrogens is 1. The fraction of sp³-hybridized carbons (Fsp3) is 0.412. The number of nitrogens with two attached hydrogens (primary N) is 1. The van der Waals surface area contributed by atoms with Crippen molar-refractivity contribution in [2.24, 2.45) is 5.73 Å². The second-order valence-electron chi connectivity index (χ2n) is 6.14. The van der Waals surface area contributed by atoms with Crippen LogP contribution in [-0.4, -0.2) is 70.3 Å². The van der Waals surface area contributed by atoms with Gasteiger partial charge in [-0.2, -0.15) is 0 Å². The SMILES string of the molecule is C[C@H](NC(=O)CN(C)C(=O)Cc1ccncc1)C(=O)N[C@@H](CC(N)=O)C(=O)O. The van der Waals surface area contributed by atoms with Gasteiger partial charge in [-0.15, -0.1) is 0 Å². The number of pyridine rings is 1. The Bertz CT molecular complexity index is 739. The monoisotopic (exact) mass is 393 g/mol. The van der Waals surface area contributed by atoms with Crippen molar-refractivity contribution in [3.63, 3.8) is 0 Å². The van der Waals surface area contributed by atoms with Crippen LogP contribution < -0.4 is 16.4 Å². The van der Waals surface area contributed by atoms with E-state index in [-0.39, 0.29) is 18.9 Å². The Labute approximate surface area is 161 Å². The molecule has 152 valence electrons. The number of primary amides is 1. The van der Waals surface area contributed by atoms with Crippen LogP contribution in [0.5, 0.6) is 0 Å². The highest BCUT2D eigenvalue weighted by Gasteiger charge is 2.25. The Morgan fingerprint density at radius 2 is 1.79 bits per heavy atom. The number of nitrogens with zero attached hydrogens (tertiary/aromatic N) is 2. The van der Waals surface area contributed by atoms with Crippen molar-refractivity contribution >= 4 is 29.6 Å². The van der Waals surface area contributed by atoms with E-state index >= 15 is 0 Å². The Morgan fingerprint density at radius 3 is 2.32 bits per heavy atom. The van der Waals surface area contributed by atoms with Crippen molar-refractivity contribution < 1.29 is 29.1 Å². The van der Waals surface area contributed by atoms with Crippen LogP contribution in [0, 0.1) is 0 Å². The van der Waals surface area contributed by atoms with Crippen LogP contribution in [0.25, 0.3) is 0 Å². The van der Waals surface area contributed by atoms with E-state index in [2.05, 4.69) is 15.6 Å². The molecule has 0 aliphatic carbocycles. The van der Waals surface area contributed by atoms with E-state index in [4.69, 9.17) is 10.8 Å². The molecule has 0 spiro atoms. The Morgan fingerprint density at radius 1 is 1.18 bits per heavy atom. The molecule has 0 saturated carbocycles. The van der Waals surface area contributed by atoms with Gasteiger partial charge in [0.1, 0.15) is 12.1 Å². The first-order chi connectivity index (χ1) is 13.1. The average molecular weight is 393 g/mol. The summed E-state index contributed by atoms with van der Waals surface area (Å²) in [6, 6.07) is 0.798. The molecule has 0 fully saturated rings. The second-order valence-corrected chi connectivity index (χ2v) is 6.14. The van der Waals surface area contributed by atoms with Crippen molar-refractivity contribution in [2.75, 3.05) is 13.6 Å². The van der Waals surface area contributed by atoms with Crippen LogP contribution in [0.2, 0.25) is 0 Å². The van der Waals surface area contributed by atoms with Crippen molar-refractivity contribution in [3.8, 4) is 0 Å². The van der Waals surface area contributed by atoms with Gasteiger partial charge in [-0.25, -0.2) is 4.79 Å². The number of hydrogen-bond donors (Lipinski definition) is 4. The maximum Gasteiger partial charge on any atom is 0.326 e. The minimum Gasteiger partial charge on any atom is -0.480 e. The molecule has 1 aromatic heterocycles. The topological polar surface area (TPSA) is 172 Å². The Balaban J connectivity index is 2.51. The Kier molecular flexibility index (Phi) is 8.53. The fourth-order valence-corrected chi connectivity index (χ4v) is 2.16. The van der Waals surface area contributed by atoms with Crippen molar-refractivity contribution in [3.05, 3.63) is 30.1 Å². The first-order valence-corrected chi connectivity index (χ1v) is 8.33. The summed E-state index contributed by atoms with van der Waals surface area (Å²) in [6.45, 7) is 1.06. The van der Waals surface area contributed by atoms with Crippen molar-refractivity contribution in [1.29, 1.82) is 0 Å². The summed E-state index contributed by atoms with van der Waals surface area (Å²) in [5.41, 5.74) is 5.68. The highest BCUT2D eigenvalue weighted by molar-refractivity contribution is 5.93. The molecule has 5 N–H and O–H groups in total. The fourth-order valence-electron chi connectivity index (χ4n) is 2.16. The van der Waals surface area contributed by atoms with Crippen LogP contribution in [0.3, 0.4) is 0 Å². The molecule has 0 saturated heterocycles. The molecule has 0 aromatic carbocycles. The number of likely N-dealkylation sites (N-methyl/N-ethyl adjacent to an activating group) is 1. The molecule has 11 heteroatoms. The highest BCUT2D eigenvalue weighted by Crippen LogP contribution is 2.00. The largest absolute Gasteiger partial charge is 0.480 e.